The van der Waals surface area contributed by atoms with E-state index in [-0.39, 0.29) is 17.1 Å². The number of nitrogens with one attached hydrogen (secondary N) is 2. The molecule has 3 aromatic rings. The number of benzene rings is 2. The molecule has 0 aliphatic rings. The molecule has 0 saturated heterocycles. The fourth-order valence-electron chi connectivity index (χ4n) is 2.30. The van der Waals surface area contributed by atoms with Gasteiger partial charge in [-0.15, -0.1) is 0 Å². The summed E-state index contributed by atoms with van der Waals surface area (Å²) in [6.45, 7) is 3.91. The first-order chi connectivity index (χ1) is 12.0. The lowest BCUT2D eigenvalue weighted by Gasteiger charge is -2.11. The van der Waals surface area contributed by atoms with Crippen LogP contribution in [0.3, 0.4) is 0 Å². The van der Waals surface area contributed by atoms with Crippen LogP contribution >= 0.6 is 12.2 Å². The van der Waals surface area contributed by atoms with E-state index in [1.54, 1.807) is 4.68 Å². The van der Waals surface area contributed by atoms with Crippen molar-refractivity contribution in [3.05, 3.63) is 73.9 Å². The first-order valence-electron chi connectivity index (χ1n) is 7.25. The minimum atomic E-state index is -0.560. The SMILES string of the molecule is C=c1[nH]n(-c2ccccc2)c(=S)/c1=C\Nc1cc([N+](=O)[O-])ccc1[O-]. The predicted octanol–water partition coefficient (Wildman–Crippen LogP) is 1.78. The Morgan fingerprint density at radius 1 is 1.24 bits per heavy atom. The van der Waals surface area contributed by atoms with Gasteiger partial charge in [-0.05, 0) is 12.1 Å². The molecular weight excluding hydrogens is 340 g/mol. The Kier molecular flexibility index (Phi) is 4.36. The molecule has 126 valence electrons. The van der Waals surface area contributed by atoms with Gasteiger partial charge >= 0.3 is 0 Å². The average molecular weight is 353 g/mol. The molecule has 0 aliphatic heterocycles. The summed E-state index contributed by atoms with van der Waals surface area (Å²) in [5.74, 6) is -0.357. The number of aromatic amines is 1. The number of hydrogen-bond acceptors (Lipinski definition) is 5. The summed E-state index contributed by atoms with van der Waals surface area (Å²) in [7, 11) is 0. The molecule has 0 spiro atoms. The van der Waals surface area contributed by atoms with E-state index in [4.69, 9.17) is 12.2 Å². The van der Waals surface area contributed by atoms with Crippen molar-refractivity contribution in [2.24, 2.45) is 0 Å². The molecule has 0 unspecified atom stereocenters. The Bertz CT molecular complexity index is 1100. The third-order valence-corrected chi connectivity index (χ3v) is 3.97. The van der Waals surface area contributed by atoms with Crippen LogP contribution in [0, 0.1) is 14.8 Å². The number of hydrogen-bond donors (Lipinski definition) is 2. The standard InChI is InChI=1S/C17H14N4O3S/c1-11-14(17(25)20(19-11)12-5-3-2-4-6-12)10-18-15-9-13(21(23)24)7-8-16(15)22/h2-10,18-19,22H,1H2/p-1/b14-10-. The molecule has 1 heterocycles. The van der Waals surface area contributed by atoms with Gasteiger partial charge in [-0.2, -0.15) is 0 Å². The van der Waals surface area contributed by atoms with E-state index in [1.807, 2.05) is 30.3 Å². The molecule has 7 nitrogen and oxygen atoms in total. The zero-order valence-corrected chi connectivity index (χ0v) is 13.7. The summed E-state index contributed by atoms with van der Waals surface area (Å²) in [5.41, 5.74) is 0.768. The van der Waals surface area contributed by atoms with Gasteiger partial charge in [0, 0.05) is 24.0 Å². The largest absolute Gasteiger partial charge is 0.871 e. The van der Waals surface area contributed by atoms with Crippen LogP contribution in [0.4, 0.5) is 11.4 Å². The molecule has 0 fully saturated rings. The molecule has 0 radical (unpaired) electrons. The predicted molar refractivity (Wildman–Crippen MR) is 96.4 cm³/mol. The van der Waals surface area contributed by atoms with E-state index in [0.717, 1.165) is 11.8 Å². The second-order valence-corrected chi connectivity index (χ2v) is 5.59. The molecule has 3 rings (SSSR count). The van der Waals surface area contributed by atoms with Crippen molar-refractivity contribution >= 4 is 36.4 Å². The Labute approximate surface area is 147 Å². The number of nitro benzene ring substituents is 1. The zero-order valence-electron chi connectivity index (χ0n) is 12.9. The number of non-ortho nitro benzene ring substituents is 1. The molecule has 1 aromatic heterocycles. The number of aromatic nitrogens is 2. The molecule has 0 aliphatic carbocycles. The summed E-state index contributed by atoms with van der Waals surface area (Å²) >= 11 is 5.44. The van der Waals surface area contributed by atoms with Gasteiger partial charge in [0.15, 0.2) is 0 Å². The number of nitro groups is 1. The Hall–Kier alpha value is -3.39. The maximum atomic E-state index is 11.9. The molecule has 8 heteroatoms. The van der Waals surface area contributed by atoms with Crippen molar-refractivity contribution in [2.75, 3.05) is 5.32 Å². The molecule has 0 atom stereocenters. The van der Waals surface area contributed by atoms with Gasteiger partial charge in [0.25, 0.3) is 5.69 Å². The Balaban J connectivity index is 2.03. The second-order valence-electron chi connectivity index (χ2n) is 5.21. The van der Waals surface area contributed by atoms with E-state index in [9.17, 15) is 15.2 Å². The van der Waals surface area contributed by atoms with Crippen molar-refractivity contribution < 1.29 is 10.0 Å². The van der Waals surface area contributed by atoms with Gasteiger partial charge in [0.1, 0.15) is 4.64 Å². The zero-order chi connectivity index (χ0) is 18.0. The highest BCUT2D eigenvalue weighted by Gasteiger charge is 2.06. The van der Waals surface area contributed by atoms with E-state index in [0.29, 0.717) is 15.2 Å². The summed E-state index contributed by atoms with van der Waals surface area (Å²) < 4.78 is 2.16. The summed E-state index contributed by atoms with van der Waals surface area (Å²) in [5, 5.41) is 29.7. The van der Waals surface area contributed by atoms with Crippen LogP contribution in [0.1, 0.15) is 0 Å². The smallest absolute Gasteiger partial charge is 0.271 e. The van der Waals surface area contributed by atoms with Crippen molar-refractivity contribution in [1.29, 1.82) is 0 Å². The number of H-pyrrole nitrogens is 1. The van der Waals surface area contributed by atoms with Crippen molar-refractivity contribution in [1.82, 2.24) is 9.78 Å². The second kappa shape index (κ2) is 6.62. The van der Waals surface area contributed by atoms with Crippen molar-refractivity contribution in [3.8, 4) is 11.4 Å². The van der Waals surface area contributed by atoms with Gasteiger partial charge in [-0.1, -0.05) is 48.8 Å². The van der Waals surface area contributed by atoms with Crippen LogP contribution in [-0.2, 0) is 0 Å². The van der Waals surface area contributed by atoms with Crippen LogP contribution in [-0.4, -0.2) is 14.7 Å². The van der Waals surface area contributed by atoms with E-state index >= 15 is 0 Å². The Morgan fingerprint density at radius 2 is 1.96 bits per heavy atom. The third kappa shape index (κ3) is 3.29. The minimum absolute atomic E-state index is 0.0930. The average Bonchev–Trinajstić information content (AvgIpc) is 2.89. The van der Waals surface area contributed by atoms with Gasteiger partial charge < -0.3 is 10.4 Å². The van der Waals surface area contributed by atoms with Crippen LogP contribution < -0.4 is 21.0 Å². The number of rotatable bonds is 4. The van der Waals surface area contributed by atoms with Gasteiger partial charge in [-0.25, -0.2) is 4.68 Å². The van der Waals surface area contributed by atoms with Crippen LogP contribution in [0.15, 0.2) is 48.5 Å². The lowest BCUT2D eigenvalue weighted by atomic mass is 10.2. The number of anilines is 1. The maximum Gasteiger partial charge on any atom is 0.271 e. The van der Waals surface area contributed by atoms with Crippen molar-refractivity contribution in [2.45, 2.75) is 0 Å². The molecular formula is C17H13N4O3S-. The first-order valence-corrected chi connectivity index (χ1v) is 7.66. The summed E-state index contributed by atoms with van der Waals surface area (Å²) in [6, 6.07) is 12.9. The molecule has 2 aromatic carbocycles. The monoisotopic (exact) mass is 353 g/mol. The Morgan fingerprint density at radius 3 is 2.64 bits per heavy atom. The maximum absolute atomic E-state index is 11.9. The summed E-state index contributed by atoms with van der Waals surface area (Å²) in [4.78, 5) is 10.3. The van der Waals surface area contributed by atoms with Crippen LogP contribution in [0.5, 0.6) is 5.75 Å². The topological polar surface area (TPSA) is 99.0 Å². The first kappa shape index (κ1) is 16.5. The van der Waals surface area contributed by atoms with Gasteiger partial charge in [-0.3, -0.25) is 15.2 Å². The quantitative estimate of drug-likeness (QED) is 0.423. The molecule has 25 heavy (non-hydrogen) atoms. The highest BCUT2D eigenvalue weighted by Crippen LogP contribution is 2.25. The molecule has 0 saturated carbocycles. The normalized spacial score (nSPS) is 11.4. The van der Waals surface area contributed by atoms with Crippen LogP contribution in [0.25, 0.3) is 18.5 Å². The molecule has 0 amide bonds. The fourth-order valence-corrected chi connectivity index (χ4v) is 2.63. The summed E-state index contributed by atoms with van der Waals surface area (Å²) in [6.07, 6.45) is 1.51. The number of para-hydroxylation sites is 1. The van der Waals surface area contributed by atoms with Crippen molar-refractivity contribution in [3.63, 3.8) is 0 Å². The highest BCUT2D eigenvalue weighted by atomic mass is 32.1. The van der Waals surface area contributed by atoms with Gasteiger partial charge in [0.2, 0.25) is 0 Å². The van der Waals surface area contributed by atoms with E-state index in [1.165, 1.54) is 18.3 Å². The third-order valence-electron chi connectivity index (χ3n) is 3.57. The van der Waals surface area contributed by atoms with E-state index < -0.39 is 4.92 Å². The minimum Gasteiger partial charge on any atom is -0.871 e. The molecule has 2 N–H and O–H groups in total. The van der Waals surface area contributed by atoms with E-state index in [2.05, 4.69) is 17.0 Å². The fraction of sp³-hybridized carbons (Fsp3) is 0. The lowest BCUT2D eigenvalue weighted by molar-refractivity contribution is -0.385. The van der Waals surface area contributed by atoms with Crippen LogP contribution in [0.2, 0.25) is 0 Å². The van der Waals surface area contributed by atoms with Gasteiger partial charge in [0.05, 0.1) is 21.2 Å². The highest BCUT2D eigenvalue weighted by molar-refractivity contribution is 7.71. The number of nitrogens with zero attached hydrogens (tertiary/aromatic N) is 2. The molecule has 0 bridgehead atoms. The lowest BCUT2D eigenvalue weighted by Crippen LogP contribution is -2.22.